The Balaban J connectivity index is 1.72. The van der Waals surface area contributed by atoms with Gasteiger partial charge in [0, 0.05) is 6.54 Å². The molecule has 21 heavy (non-hydrogen) atoms. The highest BCUT2D eigenvalue weighted by Gasteiger charge is 2.24. The summed E-state index contributed by atoms with van der Waals surface area (Å²) in [5.74, 6) is 0.635. The van der Waals surface area contributed by atoms with Gasteiger partial charge in [-0.1, -0.05) is 36.4 Å². The van der Waals surface area contributed by atoms with Crippen molar-refractivity contribution in [3.05, 3.63) is 59.7 Å². The Hall–Kier alpha value is -2.33. The van der Waals surface area contributed by atoms with Crippen LogP contribution in [0.4, 0.5) is 5.69 Å². The number of anilines is 1. The summed E-state index contributed by atoms with van der Waals surface area (Å²) < 4.78 is 5.25. The predicted octanol–water partition coefficient (Wildman–Crippen LogP) is 2.35. The fourth-order valence-electron chi connectivity index (χ4n) is 2.61. The zero-order valence-corrected chi connectivity index (χ0v) is 11.9. The van der Waals surface area contributed by atoms with Crippen molar-refractivity contribution < 1.29 is 9.53 Å². The number of rotatable bonds is 3. The number of carbonyl (C=O) groups is 1. The number of para-hydroxylation sites is 2. The van der Waals surface area contributed by atoms with Crippen LogP contribution in [0.3, 0.4) is 0 Å². The van der Waals surface area contributed by atoms with Crippen molar-refractivity contribution in [1.82, 2.24) is 5.32 Å². The third-order valence-electron chi connectivity index (χ3n) is 3.76. The Morgan fingerprint density at radius 3 is 2.67 bits per heavy atom. The quantitative estimate of drug-likeness (QED) is 0.908. The molecule has 0 aliphatic carbocycles. The molecule has 0 spiro atoms. The Labute approximate surface area is 124 Å². The lowest BCUT2D eigenvalue weighted by Crippen LogP contribution is -2.44. The summed E-state index contributed by atoms with van der Waals surface area (Å²) in [6, 6.07) is 15.4. The Morgan fingerprint density at radius 2 is 1.86 bits per heavy atom. The van der Waals surface area contributed by atoms with Crippen LogP contribution in [0.25, 0.3) is 0 Å². The van der Waals surface area contributed by atoms with E-state index >= 15 is 0 Å². The monoisotopic (exact) mass is 282 g/mol. The van der Waals surface area contributed by atoms with Gasteiger partial charge in [-0.25, -0.2) is 0 Å². The third kappa shape index (κ3) is 2.90. The van der Waals surface area contributed by atoms with Gasteiger partial charge in [0.15, 0.2) is 0 Å². The van der Waals surface area contributed by atoms with Crippen LogP contribution in [0, 0.1) is 0 Å². The summed E-state index contributed by atoms with van der Waals surface area (Å²) in [6.07, 6.45) is 0.706. The van der Waals surface area contributed by atoms with Crippen molar-refractivity contribution in [3.63, 3.8) is 0 Å². The maximum Gasteiger partial charge on any atom is 0.241 e. The molecule has 1 amide bonds. The second-order valence-electron chi connectivity index (χ2n) is 5.10. The number of fused-ring (bicyclic) bond motifs is 1. The molecule has 4 heteroatoms. The van der Waals surface area contributed by atoms with Crippen LogP contribution in [-0.2, 0) is 17.8 Å². The molecular weight excluding hydrogens is 264 g/mol. The minimum atomic E-state index is -0.218. The molecule has 2 aromatic rings. The van der Waals surface area contributed by atoms with E-state index < -0.39 is 0 Å². The van der Waals surface area contributed by atoms with Crippen molar-refractivity contribution in [2.75, 3.05) is 12.4 Å². The van der Waals surface area contributed by atoms with Crippen molar-refractivity contribution in [3.8, 4) is 5.75 Å². The number of methoxy groups -OCH3 is 1. The number of nitrogens with one attached hydrogen (secondary N) is 2. The van der Waals surface area contributed by atoms with E-state index in [1.807, 2.05) is 36.4 Å². The highest BCUT2D eigenvalue weighted by Crippen LogP contribution is 2.24. The summed E-state index contributed by atoms with van der Waals surface area (Å²) in [4.78, 5) is 12.4. The van der Waals surface area contributed by atoms with Crippen LogP contribution in [-0.4, -0.2) is 19.1 Å². The summed E-state index contributed by atoms with van der Waals surface area (Å²) in [7, 11) is 1.60. The zero-order chi connectivity index (χ0) is 14.7. The summed E-state index contributed by atoms with van der Waals surface area (Å²) in [5, 5.41) is 6.22. The lowest BCUT2D eigenvalue weighted by molar-refractivity contribution is -0.118. The molecule has 2 aromatic carbocycles. The first kappa shape index (κ1) is 13.6. The van der Waals surface area contributed by atoms with E-state index in [4.69, 9.17) is 4.74 Å². The lowest BCUT2D eigenvalue weighted by atomic mass is 9.95. The van der Waals surface area contributed by atoms with Crippen molar-refractivity contribution >= 4 is 11.6 Å². The Kier molecular flexibility index (Phi) is 3.88. The molecule has 0 radical (unpaired) electrons. The minimum absolute atomic E-state index is 0.0333. The van der Waals surface area contributed by atoms with E-state index in [2.05, 4.69) is 22.8 Å². The smallest absolute Gasteiger partial charge is 0.241 e. The molecule has 0 saturated carbocycles. The molecule has 1 atom stereocenters. The van der Waals surface area contributed by atoms with Gasteiger partial charge in [-0.15, -0.1) is 0 Å². The molecule has 1 aliphatic heterocycles. The average Bonchev–Trinajstić information content (AvgIpc) is 2.55. The van der Waals surface area contributed by atoms with Gasteiger partial charge in [0.25, 0.3) is 0 Å². The highest BCUT2D eigenvalue weighted by atomic mass is 16.5. The van der Waals surface area contributed by atoms with E-state index in [0.29, 0.717) is 17.9 Å². The molecule has 3 rings (SSSR count). The van der Waals surface area contributed by atoms with Crippen LogP contribution < -0.4 is 15.4 Å². The van der Waals surface area contributed by atoms with E-state index in [1.54, 1.807) is 7.11 Å². The van der Waals surface area contributed by atoms with E-state index in [1.165, 1.54) is 11.1 Å². The summed E-state index contributed by atoms with van der Waals surface area (Å²) in [5.41, 5.74) is 3.20. The van der Waals surface area contributed by atoms with Gasteiger partial charge in [-0.05, 0) is 29.7 Å². The second-order valence-corrected chi connectivity index (χ2v) is 5.10. The van der Waals surface area contributed by atoms with Crippen LogP contribution in [0.1, 0.15) is 11.1 Å². The lowest BCUT2D eigenvalue weighted by Gasteiger charge is -2.25. The second kappa shape index (κ2) is 5.97. The van der Waals surface area contributed by atoms with Crippen LogP contribution in [0.5, 0.6) is 5.75 Å². The number of carbonyl (C=O) groups excluding carboxylic acids is 1. The number of benzene rings is 2. The molecule has 0 aromatic heterocycles. The third-order valence-corrected chi connectivity index (χ3v) is 3.76. The summed E-state index contributed by atoms with van der Waals surface area (Å²) >= 11 is 0. The predicted molar refractivity (Wildman–Crippen MR) is 82.4 cm³/mol. The van der Waals surface area contributed by atoms with Crippen LogP contribution >= 0.6 is 0 Å². The van der Waals surface area contributed by atoms with Gasteiger partial charge in [-0.3, -0.25) is 4.79 Å². The topological polar surface area (TPSA) is 50.4 Å². The van der Waals surface area contributed by atoms with Gasteiger partial charge in [-0.2, -0.15) is 0 Å². The van der Waals surface area contributed by atoms with Crippen LogP contribution in [0.15, 0.2) is 48.5 Å². The molecule has 1 unspecified atom stereocenters. The fraction of sp³-hybridized carbons (Fsp3) is 0.235. The van der Waals surface area contributed by atoms with Gasteiger partial charge in [0.2, 0.25) is 5.91 Å². The largest absolute Gasteiger partial charge is 0.495 e. The highest BCUT2D eigenvalue weighted by molar-refractivity contribution is 5.96. The number of hydrogen-bond acceptors (Lipinski definition) is 3. The van der Waals surface area contributed by atoms with E-state index in [-0.39, 0.29) is 11.9 Å². The molecule has 0 bridgehead atoms. The number of amides is 1. The normalized spacial score (nSPS) is 16.9. The first-order valence-corrected chi connectivity index (χ1v) is 7.02. The average molecular weight is 282 g/mol. The zero-order valence-electron chi connectivity index (χ0n) is 11.9. The van der Waals surface area contributed by atoms with Gasteiger partial charge >= 0.3 is 0 Å². The first-order chi connectivity index (χ1) is 10.3. The molecule has 0 fully saturated rings. The SMILES string of the molecule is COc1ccccc1NC(=O)C1Cc2ccccc2CN1. The number of hydrogen-bond donors (Lipinski definition) is 2. The van der Waals surface area contributed by atoms with Crippen LogP contribution in [0.2, 0.25) is 0 Å². The summed E-state index contributed by atoms with van der Waals surface area (Å²) in [6.45, 7) is 0.722. The molecule has 4 nitrogen and oxygen atoms in total. The standard InChI is InChI=1S/C17H18N2O2/c1-21-16-9-5-4-8-14(16)19-17(20)15-10-12-6-2-3-7-13(12)11-18-15/h2-9,15,18H,10-11H2,1H3,(H,19,20). The van der Waals surface area contributed by atoms with E-state index in [0.717, 1.165) is 6.54 Å². The first-order valence-electron chi connectivity index (χ1n) is 7.02. The molecule has 0 saturated heterocycles. The van der Waals surface area contributed by atoms with Crippen molar-refractivity contribution in [2.45, 2.75) is 19.0 Å². The fourth-order valence-corrected chi connectivity index (χ4v) is 2.61. The Morgan fingerprint density at radius 1 is 1.14 bits per heavy atom. The molecule has 1 aliphatic rings. The maximum absolute atomic E-state index is 12.4. The molecule has 2 N–H and O–H groups in total. The minimum Gasteiger partial charge on any atom is -0.495 e. The molecular formula is C17H18N2O2. The van der Waals surface area contributed by atoms with E-state index in [9.17, 15) is 4.79 Å². The molecule has 108 valence electrons. The number of ether oxygens (including phenoxy) is 1. The Bertz CT molecular complexity index is 655. The van der Waals surface area contributed by atoms with Gasteiger partial charge in [0.1, 0.15) is 5.75 Å². The van der Waals surface area contributed by atoms with Gasteiger partial charge in [0.05, 0.1) is 18.8 Å². The van der Waals surface area contributed by atoms with Gasteiger partial charge < -0.3 is 15.4 Å². The molecule has 1 heterocycles. The maximum atomic E-state index is 12.4. The van der Waals surface area contributed by atoms with Crippen molar-refractivity contribution in [1.29, 1.82) is 0 Å². The van der Waals surface area contributed by atoms with Crippen molar-refractivity contribution in [2.24, 2.45) is 0 Å².